The van der Waals surface area contributed by atoms with E-state index in [-0.39, 0.29) is 0 Å². The van der Waals surface area contributed by atoms with Crippen molar-refractivity contribution in [1.29, 1.82) is 0 Å². The Hall–Kier alpha value is -0.880. The number of carboxylic acids is 1. The largest absolute Gasteiger partial charge is 0.475 e. The predicted octanol–water partition coefficient (Wildman–Crippen LogP) is 2.19. The van der Waals surface area contributed by atoms with Crippen LogP contribution in [0.15, 0.2) is 24.0 Å². The number of carbonyl (C=O) groups is 1. The molecule has 0 aromatic carbocycles. The summed E-state index contributed by atoms with van der Waals surface area (Å²) in [6.45, 7) is 1.93. The fraction of sp³-hybridized carbons (Fsp3) is 0.143. The van der Waals surface area contributed by atoms with Crippen molar-refractivity contribution >= 4 is 13.5 Å². The summed E-state index contributed by atoms with van der Waals surface area (Å²) in [6.07, 6.45) is 0. The summed E-state index contributed by atoms with van der Waals surface area (Å²) in [4.78, 5) is 10.5. The highest BCUT2D eigenvalue weighted by Crippen LogP contribution is 2.26. The van der Waals surface area contributed by atoms with Crippen molar-refractivity contribution in [3.63, 3.8) is 0 Å². The van der Waals surface area contributed by atoms with Crippen LogP contribution in [0.2, 0.25) is 0 Å². The number of aryl methyl sites for hydroxylation is 1. The standard InChI is InChI=1S/C7H7O2P/c1-10-5-3-2-4-6(10)7(8)9/h2-5H,1H3/p+1. The minimum absolute atomic E-state index is 0.525. The van der Waals surface area contributed by atoms with Crippen molar-refractivity contribution in [2.75, 3.05) is 0 Å². The van der Waals surface area contributed by atoms with Gasteiger partial charge in [-0.3, -0.25) is 0 Å². The van der Waals surface area contributed by atoms with E-state index < -0.39 is 13.5 Å². The number of aromatic carboxylic acids is 1. The van der Waals surface area contributed by atoms with Gasteiger partial charge in [0.15, 0.2) is 0 Å². The predicted molar refractivity (Wildman–Crippen MR) is 41.5 cm³/mol. The molecule has 1 heterocycles. The van der Waals surface area contributed by atoms with Crippen molar-refractivity contribution in [1.82, 2.24) is 0 Å². The molecule has 0 aliphatic heterocycles. The van der Waals surface area contributed by atoms with Crippen molar-refractivity contribution in [2.24, 2.45) is 6.66 Å². The second kappa shape index (κ2) is 2.80. The molecule has 3 heteroatoms. The molecule has 0 fully saturated rings. The zero-order chi connectivity index (χ0) is 7.56. The molecule has 0 saturated carbocycles. The minimum atomic E-state index is -0.797. The average Bonchev–Trinajstić information content (AvgIpc) is 1.88. The third-order valence-corrected chi connectivity index (χ3v) is 2.99. The van der Waals surface area contributed by atoms with Crippen LogP contribution < -0.4 is 0 Å². The summed E-state index contributed by atoms with van der Waals surface area (Å²) >= 11 is 0. The topological polar surface area (TPSA) is 37.3 Å². The van der Waals surface area contributed by atoms with E-state index in [1.807, 2.05) is 18.5 Å². The first-order valence-electron chi connectivity index (χ1n) is 2.90. The van der Waals surface area contributed by atoms with Crippen LogP contribution in [0.4, 0.5) is 0 Å². The second-order valence-corrected chi connectivity index (χ2v) is 4.00. The molecular formula is C7H8O2P+. The van der Waals surface area contributed by atoms with Crippen molar-refractivity contribution in [3.8, 4) is 0 Å². The van der Waals surface area contributed by atoms with E-state index in [9.17, 15) is 4.79 Å². The summed E-state index contributed by atoms with van der Waals surface area (Å²) in [5.41, 5.74) is 0. The Morgan fingerprint density at radius 2 is 2.30 bits per heavy atom. The Kier molecular flexibility index (Phi) is 2.03. The number of rotatable bonds is 1. The smallest absolute Gasteiger partial charge is 0.379 e. The first-order chi connectivity index (χ1) is 4.72. The molecule has 1 N–H and O–H groups in total. The van der Waals surface area contributed by atoms with Crippen LogP contribution >= 0.6 is 7.53 Å². The van der Waals surface area contributed by atoms with Gasteiger partial charge in [0, 0.05) is 0 Å². The second-order valence-electron chi connectivity index (χ2n) is 2.00. The molecule has 0 aliphatic rings. The molecule has 0 aliphatic carbocycles. The molecule has 0 amide bonds. The maximum atomic E-state index is 10.5. The maximum Gasteiger partial charge on any atom is 0.379 e. The third kappa shape index (κ3) is 1.34. The van der Waals surface area contributed by atoms with Gasteiger partial charge in [0.1, 0.15) is 20.0 Å². The van der Waals surface area contributed by atoms with Gasteiger partial charge in [-0.05, 0) is 12.1 Å². The van der Waals surface area contributed by atoms with Crippen LogP contribution in [0.25, 0.3) is 0 Å². The summed E-state index contributed by atoms with van der Waals surface area (Å²) in [7, 11) is -0.545. The maximum absolute atomic E-state index is 10.5. The highest BCUT2D eigenvalue weighted by atomic mass is 31.1. The molecule has 1 aromatic rings. The van der Waals surface area contributed by atoms with Gasteiger partial charge in [-0.15, -0.1) is 0 Å². The Morgan fingerprint density at radius 1 is 1.60 bits per heavy atom. The van der Waals surface area contributed by atoms with Gasteiger partial charge in [-0.25, -0.2) is 4.79 Å². The molecule has 1 atom stereocenters. The van der Waals surface area contributed by atoms with Crippen LogP contribution in [0.5, 0.6) is 0 Å². The molecule has 0 spiro atoms. The molecule has 0 bridgehead atoms. The average molecular weight is 155 g/mol. The third-order valence-electron chi connectivity index (χ3n) is 1.27. The lowest BCUT2D eigenvalue weighted by Gasteiger charge is -1.85. The number of hydrogen-bond acceptors (Lipinski definition) is 1. The van der Waals surface area contributed by atoms with Gasteiger partial charge in [-0.2, -0.15) is 0 Å². The van der Waals surface area contributed by atoms with Crippen molar-refractivity contribution in [3.05, 3.63) is 29.3 Å². The van der Waals surface area contributed by atoms with E-state index in [4.69, 9.17) is 5.11 Å². The summed E-state index contributed by atoms with van der Waals surface area (Å²) < 4.78 is 0. The van der Waals surface area contributed by atoms with Crippen molar-refractivity contribution < 1.29 is 9.90 Å². The van der Waals surface area contributed by atoms with E-state index in [0.717, 1.165) is 0 Å². The van der Waals surface area contributed by atoms with Crippen LogP contribution in [0.1, 0.15) is 10.1 Å². The Bertz CT molecular complexity index is 258. The fourth-order valence-corrected chi connectivity index (χ4v) is 1.89. The van der Waals surface area contributed by atoms with E-state index >= 15 is 0 Å². The Morgan fingerprint density at radius 3 is 2.70 bits per heavy atom. The number of hydrogen-bond donors (Lipinski definition) is 1. The van der Waals surface area contributed by atoms with E-state index in [1.165, 1.54) is 0 Å². The summed E-state index contributed by atoms with van der Waals surface area (Å²) in [5, 5.41) is 9.13. The fourth-order valence-electron chi connectivity index (χ4n) is 0.746. The molecule has 0 radical (unpaired) electrons. The monoisotopic (exact) mass is 155 g/mol. The molecule has 52 valence electrons. The van der Waals surface area contributed by atoms with E-state index in [1.54, 1.807) is 12.1 Å². The van der Waals surface area contributed by atoms with Crippen LogP contribution in [0.3, 0.4) is 0 Å². The lowest BCUT2D eigenvalue weighted by Crippen LogP contribution is -1.92. The minimum Gasteiger partial charge on any atom is -0.475 e. The van der Waals surface area contributed by atoms with Gasteiger partial charge in [0.05, 0.1) is 0 Å². The molecule has 1 rings (SSSR count). The van der Waals surface area contributed by atoms with Gasteiger partial charge < -0.3 is 5.11 Å². The molecule has 1 aromatic heterocycles. The zero-order valence-electron chi connectivity index (χ0n) is 5.61. The van der Waals surface area contributed by atoms with Crippen LogP contribution in [-0.4, -0.2) is 11.1 Å². The normalized spacial score (nSPS) is 11.1. The molecule has 2 nitrogen and oxygen atoms in total. The zero-order valence-corrected chi connectivity index (χ0v) is 6.51. The molecule has 0 saturated heterocycles. The summed E-state index contributed by atoms with van der Waals surface area (Å²) in [6, 6.07) is 5.30. The SMILES string of the molecule is C[p+]1ccccc1C(=O)O. The van der Waals surface area contributed by atoms with E-state index in [0.29, 0.717) is 5.30 Å². The van der Waals surface area contributed by atoms with Gasteiger partial charge in [0.2, 0.25) is 5.30 Å². The quantitative estimate of drug-likeness (QED) is 0.674. The highest BCUT2D eigenvalue weighted by Gasteiger charge is 2.13. The first-order valence-corrected chi connectivity index (χ1v) is 4.75. The van der Waals surface area contributed by atoms with Crippen molar-refractivity contribution in [2.45, 2.75) is 0 Å². The van der Waals surface area contributed by atoms with Gasteiger partial charge >= 0.3 is 5.97 Å². The van der Waals surface area contributed by atoms with Gasteiger partial charge in [0.25, 0.3) is 0 Å². The Balaban J connectivity index is 3.15. The molecule has 10 heavy (non-hydrogen) atoms. The number of carboxylic acid groups (broad SMARTS) is 1. The molecule has 1 unspecified atom stereocenters. The lowest BCUT2D eigenvalue weighted by atomic mass is 10.4. The van der Waals surface area contributed by atoms with Crippen LogP contribution in [0, 0.1) is 0 Å². The highest BCUT2D eigenvalue weighted by molar-refractivity contribution is 7.49. The lowest BCUT2D eigenvalue weighted by molar-refractivity contribution is 0.0702. The Labute approximate surface area is 60.2 Å². The van der Waals surface area contributed by atoms with E-state index in [2.05, 4.69) is 0 Å². The molecular weight excluding hydrogens is 147 g/mol. The van der Waals surface area contributed by atoms with Crippen LogP contribution in [-0.2, 0) is 6.66 Å². The summed E-state index contributed by atoms with van der Waals surface area (Å²) in [5.74, 6) is 1.13. The first kappa shape index (κ1) is 7.23. The van der Waals surface area contributed by atoms with Gasteiger partial charge in [-0.1, -0.05) is 6.07 Å².